The summed E-state index contributed by atoms with van der Waals surface area (Å²) in [6.45, 7) is 0. The number of ketones is 1. The summed E-state index contributed by atoms with van der Waals surface area (Å²) in [5, 5.41) is 11.5. The van der Waals surface area contributed by atoms with Gasteiger partial charge in [0.15, 0.2) is 0 Å². The van der Waals surface area contributed by atoms with Crippen molar-refractivity contribution in [2.24, 2.45) is 0 Å². The van der Waals surface area contributed by atoms with Gasteiger partial charge in [0, 0.05) is 22.3 Å². The molecule has 0 bridgehead atoms. The first-order chi connectivity index (χ1) is 14.5. The van der Waals surface area contributed by atoms with Gasteiger partial charge in [0.05, 0.1) is 30.6 Å². The minimum Gasteiger partial charge on any atom is -0.507 e. The van der Waals surface area contributed by atoms with Crippen LogP contribution in [0.4, 0.5) is 5.69 Å². The lowest BCUT2D eigenvalue weighted by molar-refractivity contribution is -0.132. The number of pyridine rings is 1. The van der Waals surface area contributed by atoms with Crippen LogP contribution in [-0.2, 0) is 9.59 Å². The first-order valence-corrected chi connectivity index (χ1v) is 9.50. The van der Waals surface area contributed by atoms with Gasteiger partial charge in [0.1, 0.15) is 11.5 Å². The van der Waals surface area contributed by atoms with Crippen LogP contribution in [0.2, 0.25) is 5.02 Å². The molecular weight excluding hydrogens is 404 g/mol. The van der Waals surface area contributed by atoms with Crippen molar-refractivity contribution in [2.45, 2.75) is 6.04 Å². The predicted molar refractivity (Wildman–Crippen MR) is 113 cm³/mol. The summed E-state index contributed by atoms with van der Waals surface area (Å²) < 4.78 is 5.48. The van der Waals surface area contributed by atoms with Crippen molar-refractivity contribution in [3.05, 3.63) is 94.8 Å². The largest absolute Gasteiger partial charge is 0.507 e. The fraction of sp³-hybridized carbons (Fsp3) is 0.0870. The second-order valence-electron chi connectivity index (χ2n) is 6.63. The molecule has 1 aromatic heterocycles. The molecule has 0 aliphatic carbocycles. The number of halogens is 1. The second kappa shape index (κ2) is 8.00. The van der Waals surface area contributed by atoms with E-state index in [2.05, 4.69) is 4.98 Å². The van der Waals surface area contributed by atoms with Crippen LogP contribution in [0.3, 0.4) is 0 Å². The Bertz CT molecular complexity index is 1140. The van der Waals surface area contributed by atoms with Gasteiger partial charge in [-0.3, -0.25) is 19.5 Å². The van der Waals surface area contributed by atoms with Crippen LogP contribution in [0.5, 0.6) is 5.75 Å². The number of methoxy groups -OCH3 is 1. The van der Waals surface area contributed by atoms with E-state index in [0.29, 0.717) is 27.6 Å². The fourth-order valence-corrected chi connectivity index (χ4v) is 3.67. The van der Waals surface area contributed by atoms with Crippen LogP contribution in [0, 0.1) is 0 Å². The number of benzene rings is 2. The van der Waals surface area contributed by atoms with Gasteiger partial charge in [0.2, 0.25) is 0 Å². The number of ether oxygens (including phenoxy) is 1. The summed E-state index contributed by atoms with van der Waals surface area (Å²) in [4.78, 5) is 31.5. The molecule has 1 atom stereocenters. The number of hydrogen-bond acceptors (Lipinski definition) is 5. The third-order valence-corrected chi connectivity index (χ3v) is 5.17. The quantitative estimate of drug-likeness (QED) is 0.385. The number of carbonyl (C=O) groups excluding carboxylic acids is 2. The Balaban J connectivity index is 1.98. The van der Waals surface area contributed by atoms with Crippen molar-refractivity contribution in [3.63, 3.8) is 0 Å². The number of rotatable bonds is 4. The maximum atomic E-state index is 13.1. The molecular formula is C23H17ClN2O4. The molecule has 0 saturated carbocycles. The highest BCUT2D eigenvalue weighted by molar-refractivity contribution is 6.51. The number of para-hydroxylation sites is 1. The van der Waals surface area contributed by atoms with Gasteiger partial charge in [-0.1, -0.05) is 29.8 Å². The first kappa shape index (κ1) is 19.7. The number of hydrogen-bond donors (Lipinski definition) is 1. The summed E-state index contributed by atoms with van der Waals surface area (Å²) >= 11 is 5.94. The third kappa shape index (κ3) is 3.31. The molecule has 6 nitrogen and oxygen atoms in total. The number of anilines is 1. The van der Waals surface area contributed by atoms with Crippen molar-refractivity contribution < 1.29 is 19.4 Å². The van der Waals surface area contributed by atoms with Gasteiger partial charge in [-0.2, -0.15) is 0 Å². The normalized spacial score (nSPS) is 17.9. The molecule has 1 amide bonds. The minimum atomic E-state index is -0.888. The Hall–Kier alpha value is -3.64. The lowest BCUT2D eigenvalue weighted by Crippen LogP contribution is -2.29. The number of carbonyl (C=O) groups is 2. The van der Waals surface area contributed by atoms with E-state index in [1.807, 2.05) is 0 Å². The van der Waals surface area contributed by atoms with Crippen LogP contribution < -0.4 is 9.64 Å². The zero-order valence-electron chi connectivity index (χ0n) is 15.9. The van der Waals surface area contributed by atoms with E-state index in [0.717, 1.165) is 0 Å². The minimum absolute atomic E-state index is 0.0318. The highest BCUT2D eigenvalue weighted by atomic mass is 35.5. The third-order valence-electron chi connectivity index (χ3n) is 4.92. The van der Waals surface area contributed by atoms with Crippen molar-refractivity contribution in [3.8, 4) is 5.75 Å². The van der Waals surface area contributed by atoms with Gasteiger partial charge in [-0.25, -0.2) is 0 Å². The Labute approximate surface area is 178 Å². The topological polar surface area (TPSA) is 79.7 Å². The van der Waals surface area contributed by atoms with E-state index in [-0.39, 0.29) is 11.3 Å². The van der Waals surface area contributed by atoms with Crippen molar-refractivity contribution in [1.82, 2.24) is 4.98 Å². The predicted octanol–water partition coefficient (Wildman–Crippen LogP) is 4.37. The summed E-state index contributed by atoms with van der Waals surface area (Å²) in [6.07, 6.45) is 3.07. The Morgan fingerprint density at radius 3 is 2.47 bits per heavy atom. The average molecular weight is 421 g/mol. The van der Waals surface area contributed by atoms with Gasteiger partial charge in [-0.15, -0.1) is 0 Å². The van der Waals surface area contributed by atoms with E-state index < -0.39 is 17.7 Å². The zero-order valence-corrected chi connectivity index (χ0v) is 16.7. The lowest BCUT2D eigenvalue weighted by atomic mass is 9.94. The van der Waals surface area contributed by atoms with Crippen LogP contribution >= 0.6 is 11.6 Å². The molecule has 150 valence electrons. The standard InChI is InChI=1S/C23H17ClN2O4/c1-30-18-7-3-2-6-17(18)20-19(21(27)14-8-10-15(24)11-9-14)22(28)23(29)26(20)16-5-4-12-25-13-16/h2-13,20,27H,1H3/t20-/m1/s1. The molecule has 0 spiro atoms. The summed E-state index contributed by atoms with van der Waals surface area (Å²) in [6, 6.07) is 15.9. The Morgan fingerprint density at radius 1 is 1.07 bits per heavy atom. The molecule has 1 fully saturated rings. The molecule has 0 unspecified atom stereocenters. The molecule has 2 heterocycles. The number of Topliss-reactive ketones (excluding diaryl/α,β-unsaturated/α-hetero) is 1. The van der Waals surface area contributed by atoms with Crippen LogP contribution in [0.25, 0.3) is 5.76 Å². The zero-order chi connectivity index (χ0) is 21.3. The number of amides is 1. The van der Waals surface area contributed by atoms with E-state index in [4.69, 9.17) is 16.3 Å². The maximum Gasteiger partial charge on any atom is 0.300 e. The number of nitrogens with zero attached hydrogens (tertiary/aromatic N) is 2. The second-order valence-corrected chi connectivity index (χ2v) is 7.07. The van der Waals surface area contributed by atoms with Gasteiger partial charge < -0.3 is 9.84 Å². The monoisotopic (exact) mass is 420 g/mol. The van der Waals surface area contributed by atoms with E-state index in [9.17, 15) is 14.7 Å². The van der Waals surface area contributed by atoms with Crippen molar-refractivity contribution in [1.29, 1.82) is 0 Å². The summed E-state index contributed by atoms with van der Waals surface area (Å²) in [5.74, 6) is -1.34. The van der Waals surface area contributed by atoms with E-state index in [1.165, 1.54) is 18.2 Å². The van der Waals surface area contributed by atoms with Crippen molar-refractivity contribution in [2.75, 3.05) is 12.0 Å². The van der Waals surface area contributed by atoms with Crippen LogP contribution in [0.15, 0.2) is 78.6 Å². The Kier molecular flexibility index (Phi) is 5.25. The SMILES string of the molecule is COc1ccccc1[C@@H]1C(=C(O)c2ccc(Cl)cc2)C(=O)C(=O)N1c1cccnc1. The highest BCUT2D eigenvalue weighted by Crippen LogP contribution is 2.44. The number of aliphatic hydroxyl groups is 1. The van der Waals surface area contributed by atoms with Crippen LogP contribution in [-0.4, -0.2) is 28.9 Å². The molecule has 7 heteroatoms. The number of aliphatic hydroxyl groups excluding tert-OH is 1. The van der Waals surface area contributed by atoms with Gasteiger partial charge >= 0.3 is 0 Å². The maximum absolute atomic E-state index is 13.1. The van der Waals surface area contributed by atoms with Crippen molar-refractivity contribution >= 4 is 34.7 Å². The van der Waals surface area contributed by atoms with Gasteiger partial charge in [-0.05, 0) is 42.5 Å². The lowest BCUT2D eigenvalue weighted by Gasteiger charge is -2.26. The molecule has 2 aromatic carbocycles. The average Bonchev–Trinajstić information content (AvgIpc) is 3.04. The summed E-state index contributed by atoms with van der Waals surface area (Å²) in [7, 11) is 1.51. The molecule has 4 rings (SSSR count). The molecule has 1 saturated heterocycles. The first-order valence-electron chi connectivity index (χ1n) is 9.13. The molecule has 0 radical (unpaired) electrons. The number of aromatic nitrogens is 1. The molecule has 1 N–H and O–H groups in total. The molecule has 1 aliphatic heterocycles. The molecule has 1 aliphatic rings. The highest BCUT2D eigenvalue weighted by Gasteiger charge is 2.47. The van der Waals surface area contributed by atoms with E-state index >= 15 is 0 Å². The van der Waals surface area contributed by atoms with Crippen LogP contribution in [0.1, 0.15) is 17.2 Å². The van der Waals surface area contributed by atoms with E-state index in [1.54, 1.807) is 66.9 Å². The smallest absolute Gasteiger partial charge is 0.300 e. The van der Waals surface area contributed by atoms with Gasteiger partial charge in [0.25, 0.3) is 11.7 Å². The fourth-order valence-electron chi connectivity index (χ4n) is 3.54. The summed E-state index contributed by atoms with van der Waals surface area (Å²) in [5.41, 5.74) is 1.35. The Morgan fingerprint density at radius 2 is 1.80 bits per heavy atom. The molecule has 30 heavy (non-hydrogen) atoms. The molecule has 3 aromatic rings.